The molecule has 15 heavy (non-hydrogen) atoms. The highest BCUT2D eigenvalue weighted by Gasteiger charge is 2.59. The van der Waals surface area contributed by atoms with Gasteiger partial charge in [-0.1, -0.05) is 0 Å². The molecule has 0 aromatic heterocycles. The molecule has 82 valence electrons. The van der Waals surface area contributed by atoms with Crippen molar-refractivity contribution in [2.45, 2.75) is 37.6 Å². The van der Waals surface area contributed by atoms with E-state index in [1.807, 2.05) is 0 Å². The molecule has 0 atom stereocenters. The van der Waals surface area contributed by atoms with Gasteiger partial charge in [-0.2, -0.15) is 0 Å². The predicted octanol–water partition coefficient (Wildman–Crippen LogP) is 2.16. The molecule has 5 rings (SSSR count). The third kappa shape index (κ3) is 0.896. The minimum Gasteiger partial charge on any atom is -0.358 e. The first-order valence-electron chi connectivity index (χ1n) is 6.52. The molecular weight excluding hydrogens is 184 g/mol. The predicted molar refractivity (Wildman–Crippen MR) is 60.9 cm³/mol. The molecule has 4 saturated carbocycles. The second-order valence-corrected chi connectivity index (χ2v) is 6.36. The largest absolute Gasteiger partial charge is 0.358 e. The third-order valence-electron chi connectivity index (χ3n) is 5.81. The molecule has 0 radical (unpaired) electrons. The number of hydrogen-bond acceptors (Lipinski definition) is 2. The van der Waals surface area contributed by atoms with Crippen molar-refractivity contribution in [1.82, 2.24) is 4.90 Å². The quantitative estimate of drug-likeness (QED) is 0.590. The Morgan fingerprint density at radius 3 is 2.13 bits per heavy atom. The Morgan fingerprint density at radius 2 is 1.67 bits per heavy atom. The summed E-state index contributed by atoms with van der Waals surface area (Å²) < 4.78 is 0. The van der Waals surface area contributed by atoms with Crippen LogP contribution in [0, 0.1) is 23.7 Å². The standard InChI is InChI=1S/C13H20N2/c1-15-8-14-7-13(15)11-3-9-2-10(5-11)6-12(13)4-9/h8-12H,2-7H2,1H3. The van der Waals surface area contributed by atoms with Gasteiger partial charge in [-0.05, 0) is 55.8 Å². The summed E-state index contributed by atoms with van der Waals surface area (Å²) in [6.07, 6.45) is 9.65. The Morgan fingerprint density at radius 1 is 1.07 bits per heavy atom. The molecule has 5 aliphatic rings. The fourth-order valence-corrected chi connectivity index (χ4v) is 5.36. The molecule has 0 unspecified atom stereocenters. The Hall–Kier alpha value is -0.530. The average Bonchev–Trinajstić information content (AvgIpc) is 2.57. The Kier molecular flexibility index (Phi) is 1.48. The maximum atomic E-state index is 4.56. The summed E-state index contributed by atoms with van der Waals surface area (Å²) in [6, 6.07) is 0. The average molecular weight is 204 g/mol. The fraction of sp³-hybridized carbons (Fsp3) is 0.923. The molecule has 2 heteroatoms. The molecule has 1 heterocycles. The first-order valence-corrected chi connectivity index (χ1v) is 6.52. The van der Waals surface area contributed by atoms with E-state index < -0.39 is 0 Å². The molecule has 2 nitrogen and oxygen atoms in total. The van der Waals surface area contributed by atoms with Crippen molar-refractivity contribution in [3.63, 3.8) is 0 Å². The van der Waals surface area contributed by atoms with E-state index in [1.165, 1.54) is 25.7 Å². The lowest BCUT2D eigenvalue weighted by molar-refractivity contribution is -0.0940. The van der Waals surface area contributed by atoms with Gasteiger partial charge in [-0.3, -0.25) is 4.99 Å². The van der Waals surface area contributed by atoms with Gasteiger partial charge in [0.15, 0.2) is 0 Å². The summed E-state index contributed by atoms with van der Waals surface area (Å²) in [5.74, 6) is 4.07. The smallest absolute Gasteiger partial charge is 0.0853 e. The zero-order valence-electron chi connectivity index (χ0n) is 9.52. The van der Waals surface area contributed by atoms with Gasteiger partial charge in [0.1, 0.15) is 0 Å². The van der Waals surface area contributed by atoms with Crippen molar-refractivity contribution < 1.29 is 0 Å². The Labute approximate surface area is 91.8 Å². The summed E-state index contributed by atoms with van der Waals surface area (Å²) in [5.41, 5.74) is 0.466. The van der Waals surface area contributed by atoms with E-state index in [0.717, 1.165) is 30.2 Å². The van der Waals surface area contributed by atoms with Gasteiger partial charge >= 0.3 is 0 Å². The minimum absolute atomic E-state index is 0.466. The number of hydrogen-bond donors (Lipinski definition) is 0. The van der Waals surface area contributed by atoms with Crippen molar-refractivity contribution >= 4 is 6.34 Å². The number of nitrogens with zero attached hydrogens (tertiary/aromatic N) is 2. The van der Waals surface area contributed by atoms with Gasteiger partial charge in [0, 0.05) is 7.05 Å². The van der Waals surface area contributed by atoms with E-state index >= 15 is 0 Å². The highest BCUT2D eigenvalue weighted by Crippen LogP contribution is 2.60. The normalized spacial score (nSPS) is 55.9. The molecule has 0 saturated heterocycles. The molecule has 1 spiro atoms. The summed E-state index contributed by atoms with van der Waals surface area (Å²) in [5, 5.41) is 0. The van der Waals surface area contributed by atoms with E-state index in [-0.39, 0.29) is 0 Å². The zero-order chi connectivity index (χ0) is 10.0. The van der Waals surface area contributed by atoms with Gasteiger partial charge in [0.05, 0.1) is 18.4 Å². The van der Waals surface area contributed by atoms with Gasteiger partial charge < -0.3 is 4.90 Å². The number of rotatable bonds is 0. The van der Waals surface area contributed by atoms with Gasteiger partial charge in [-0.25, -0.2) is 0 Å². The van der Waals surface area contributed by atoms with Crippen LogP contribution >= 0.6 is 0 Å². The summed E-state index contributed by atoms with van der Waals surface area (Å²) in [6.45, 7) is 1.10. The minimum atomic E-state index is 0.466. The topological polar surface area (TPSA) is 15.6 Å². The second-order valence-electron chi connectivity index (χ2n) is 6.36. The third-order valence-corrected chi connectivity index (χ3v) is 5.81. The van der Waals surface area contributed by atoms with Gasteiger partial charge in [0.2, 0.25) is 0 Å². The lowest BCUT2D eigenvalue weighted by Crippen LogP contribution is -2.64. The van der Waals surface area contributed by atoms with Gasteiger partial charge in [0.25, 0.3) is 0 Å². The van der Waals surface area contributed by atoms with Crippen LogP contribution in [-0.2, 0) is 0 Å². The number of aliphatic imine (C=N–C) groups is 1. The highest BCUT2D eigenvalue weighted by atomic mass is 15.3. The zero-order valence-corrected chi connectivity index (χ0v) is 9.52. The van der Waals surface area contributed by atoms with Crippen LogP contribution in [0.2, 0.25) is 0 Å². The summed E-state index contributed by atoms with van der Waals surface area (Å²) in [4.78, 5) is 7.04. The van der Waals surface area contributed by atoms with Crippen LogP contribution < -0.4 is 0 Å². The van der Waals surface area contributed by atoms with Gasteiger partial charge in [-0.15, -0.1) is 0 Å². The molecule has 4 bridgehead atoms. The van der Waals surface area contributed by atoms with E-state index in [0.29, 0.717) is 5.54 Å². The van der Waals surface area contributed by atoms with Crippen LogP contribution in [0.3, 0.4) is 0 Å². The molecule has 0 N–H and O–H groups in total. The van der Waals surface area contributed by atoms with E-state index in [4.69, 9.17) is 0 Å². The summed E-state index contributed by atoms with van der Waals surface area (Å²) in [7, 11) is 2.26. The molecule has 0 aromatic rings. The van der Waals surface area contributed by atoms with E-state index in [2.05, 4.69) is 23.3 Å². The summed E-state index contributed by atoms with van der Waals surface area (Å²) >= 11 is 0. The van der Waals surface area contributed by atoms with Crippen LogP contribution in [-0.4, -0.2) is 30.4 Å². The molecule has 1 aliphatic heterocycles. The van der Waals surface area contributed by atoms with Crippen LogP contribution in [0.4, 0.5) is 0 Å². The molecule has 4 fully saturated rings. The fourth-order valence-electron chi connectivity index (χ4n) is 5.36. The van der Waals surface area contributed by atoms with Crippen molar-refractivity contribution in [2.75, 3.05) is 13.6 Å². The van der Waals surface area contributed by atoms with E-state index in [1.54, 1.807) is 6.42 Å². The SMILES string of the molecule is CN1C=NCC12C1CC3CC(C1)CC2C3. The van der Waals surface area contributed by atoms with Crippen LogP contribution in [0.5, 0.6) is 0 Å². The molecule has 0 aromatic carbocycles. The maximum absolute atomic E-state index is 4.56. The number of likely N-dealkylation sites (N-methyl/N-ethyl adjacent to an activating group) is 1. The van der Waals surface area contributed by atoms with Crippen molar-refractivity contribution in [3.05, 3.63) is 0 Å². The van der Waals surface area contributed by atoms with Crippen LogP contribution in [0.25, 0.3) is 0 Å². The monoisotopic (exact) mass is 204 g/mol. The molecule has 0 amide bonds. The lowest BCUT2D eigenvalue weighted by Gasteiger charge is -2.62. The maximum Gasteiger partial charge on any atom is 0.0853 e. The van der Waals surface area contributed by atoms with E-state index in [9.17, 15) is 0 Å². The second kappa shape index (κ2) is 2.58. The molecule has 4 aliphatic carbocycles. The first-order chi connectivity index (χ1) is 7.29. The highest BCUT2D eigenvalue weighted by molar-refractivity contribution is 5.60. The van der Waals surface area contributed by atoms with Crippen LogP contribution in [0.1, 0.15) is 32.1 Å². The van der Waals surface area contributed by atoms with Crippen molar-refractivity contribution in [3.8, 4) is 0 Å². The lowest BCUT2D eigenvalue weighted by atomic mass is 9.48. The van der Waals surface area contributed by atoms with Crippen molar-refractivity contribution in [2.24, 2.45) is 28.7 Å². The first kappa shape index (κ1) is 8.60. The Balaban J connectivity index is 1.76. The molecular formula is C13H20N2. The van der Waals surface area contributed by atoms with Crippen LogP contribution in [0.15, 0.2) is 4.99 Å². The van der Waals surface area contributed by atoms with Crippen molar-refractivity contribution in [1.29, 1.82) is 0 Å². The Bertz CT molecular complexity index is 292.